The van der Waals surface area contributed by atoms with Crippen molar-refractivity contribution in [1.82, 2.24) is 10.2 Å². The number of aromatic nitrogens is 2. The summed E-state index contributed by atoms with van der Waals surface area (Å²) < 4.78 is 5.57. The molecule has 0 spiro atoms. The van der Waals surface area contributed by atoms with Crippen molar-refractivity contribution < 1.29 is 9.52 Å². The summed E-state index contributed by atoms with van der Waals surface area (Å²) in [5.74, 6) is 1.63. The van der Waals surface area contributed by atoms with E-state index in [1.807, 2.05) is 19.1 Å². The molecule has 0 aliphatic rings. The Morgan fingerprint density at radius 1 is 1.26 bits per heavy atom. The molecule has 2 atom stereocenters. The molecule has 19 heavy (non-hydrogen) atoms. The quantitative estimate of drug-likeness (QED) is 0.917. The lowest BCUT2D eigenvalue weighted by molar-refractivity contribution is 0.196. The van der Waals surface area contributed by atoms with Crippen LogP contribution >= 0.6 is 23.4 Å². The average Bonchev–Trinajstić information content (AvgIpc) is 2.85. The first-order valence-corrected chi connectivity index (χ1v) is 7.37. The van der Waals surface area contributed by atoms with Gasteiger partial charge in [0, 0.05) is 15.8 Å². The Kier molecular flexibility index (Phi) is 4.85. The molecule has 0 aliphatic heterocycles. The lowest BCUT2D eigenvalue weighted by Gasteiger charge is -2.11. The van der Waals surface area contributed by atoms with Crippen LogP contribution in [0.2, 0.25) is 5.02 Å². The van der Waals surface area contributed by atoms with Crippen molar-refractivity contribution in [2.45, 2.75) is 31.0 Å². The zero-order valence-corrected chi connectivity index (χ0v) is 12.3. The van der Waals surface area contributed by atoms with Gasteiger partial charge in [-0.1, -0.05) is 18.5 Å². The Labute approximate surface area is 121 Å². The van der Waals surface area contributed by atoms with Crippen molar-refractivity contribution in [1.29, 1.82) is 0 Å². The summed E-state index contributed by atoms with van der Waals surface area (Å²) in [4.78, 5) is 0. The highest BCUT2D eigenvalue weighted by Crippen LogP contribution is 2.23. The van der Waals surface area contributed by atoms with Crippen LogP contribution in [-0.2, 0) is 5.75 Å². The van der Waals surface area contributed by atoms with Crippen LogP contribution < -0.4 is 0 Å². The van der Waals surface area contributed by atoms with Gasteiger partial charge in [0.15, 0.2) is 0 Å². The largest absolute Gasteiger partial charge is 0.420 e. The topological polar surface area (TPSA) is 59.2 Å². The minimum absolute atomic E-state index is 0.130. The van der Waals surface area contributed by atoms with Gasteiger partial charge in [-0.2, -0.15) is 0 Å². The van der Waals surface area contributed by atoms with E-state index < -0.39 is 0 Å². The molecule has 0 fully saturated rings. The second-order valence-corrected chi connectivity index (χ2v) is 6.07. The Bertz CT molecular complexity index is 528. The Hall–Kier alpha value is -1.04. The van der Waals surface area contributed by atoms with Gasteiger partial charge < -0.3 is 9.52 Å². The van der Waals surface area contributed by atoms with Gasteiger partial charge in [-0.05, 0) is 31.2 Å². The van der Waals surface area contributed by atoms with E-state index in [0.717, 1.165) is 5.56 Å². The summed E-state index contributed by atoms with van der Waals surface area (Å²) in [5, 5.41) is 18.2. The van der Waals surface area contributed by atoms with E-state index >= 15 is 0 Å². The summed E-state index contributed by atoms with van der Waals surface area (Å²) in [7, 11) is 0. The third-order valence-corrected chi connectivity index (χ3v) is 4.29. The maximum atomic E-state index is 9.41. The Balaban J connectivity index is 2.01. The summed E-state index contributed by atoms with van der Waals surface area (Å²) >= 11 is 7.41. The standard InChI is InChI=1S/C13H15ClN2O2S/c1-8(17)9(2)19-7-12-15-16-13(18-12)10-3-5-11(14)6-4-10/h3-6,8-9,17H,7H2,1-2H3. The molecule has 0 saturated heterocycles. The molecule has 2 aromatic rings. The highest BCUT2D eigenvalue weighted by atomic mass is 35.5. The lowest BCUT2D eigenvalue weighted by Crippen LogP contribution is -2.15. The van der Waals surface area contributed by atoms with Gasteiger partial charge >= 0.3 is 0 Å². The minimum Gasteiger partial charge on any atom is -0.420 e. The molecule has 0 saturated carbocycles. The van der Waals surface area contributed by atoms with Crippen molar-refractivity contribution in [3.8, 4) is 11.5 Å². The molecule has 0 bridgehead atoms. The van der Waals surface area contributed by atoms with Gasteiger partial charge in [-0.25, -0.2) is 0 Å². The first-order chi connectivity index (χ1) is 9.06. The molecule has 0 radical (unpaired) electrons. The number of halogens is 1. The maximum Gasteiger partial charge on any atom is 0.247 e. The molecule has 102 valence electrons. The second-order valence-electron chi connectivity index (χ2n) is 4.26. The van der Waals surface area contributed by atoms with Crippen LogP contribution in [0.15, 0.2) is 28.7 Å². The summed E-state index contributed by atoms with van der Waals surface area (Å²) in [6, 6.07) is 7.24. The lowest BCUT2D eigenvalue weighted by atomic mass is 10.2. The highest BCUT2D eigenvalue weighted by molar-refractivity contribution is 7.99. The molecule has 1 heterocycles. The highest BCUT2D eigenvalue weighted by Gasteiger charge is 2.13. The van der Waals surface area contributed by atoms with Crippen LogP contribution in [0.3, 0.4) is 0 Å². The number of benzene rings is 1. The third kappa shape index (κ3) is 3.96. The molecule has 1 aromatic carbocycles. The van der Waals surface area contributed by atoms with E-state index in [0.29, 0.717) is 22.6 Å². The van der Waals surface area contributed by atoms with Crippen LogP contribution in [-0.4, -0.2) is 26.7 Å². The molecule has 1 N–H and O–H groups in total. The maximum absolute atomic E-state index is 9.41. The van der Waals surface area contributed by atoms with Crippen LogP contribution in [0, 0.1) is 0 Å². The second kappa shape index (κ2) is 6.41. The third-order valence-electron chi connectivity index (χ3n) is 2.71. The molecule has 2 rings (SSSR count). The Morgan fingerprint density at radius 3 is 2.58 bits per heavy atom. The number of aliphatic hydroxyl groups excluding tert-OH is 1. The number of aliphatic hydroxyl groups is 1. The first kappa shape index (κ1) is 14.4. The fraction of sp³-hybridized carbons (Fsp3) is 0.385. The molecule has 1 aromatic heterocycles. The Morgan fingerprint density at radius 2 is 1.95 bits per heavy atom. The summed E-state index contributed by atoms with van der Waals surface area (Å²) in [6.45, 7) is 3.73. The van der Waals surface area contributed by atoms with E-state index in [-0.39, 0.29) is 11.4 Å². The van der Waals surface area contributed by atoms with E-state index in [4.69, 9.17) is 16.0 Å². The van der Waals surface area contributed by atoms with Crippen molar-refractivity contribution >= 4 is 23.4 Å². The zero-order valence-electron chi connectivity index (χ0n) is 10.7. The van der Waals surface area contributed by atoms with Gasteiger partial charge in [0.1, 0.15) is 0 Å². The predicted molar refractivity (Wildman–Crippen MR) is 77.2 cm³/mol. The molecular weight excluding hydrogens is 284 g/mol. The van der Waals surface area contributed by atoms with E-state index in [1.54, 1.807) is 30.8 Å². The smallest absolute Gasteiger partial charge is 0.247 e. The van der Waals surface area contributed by atoms with E-state index in [1.165, 1.54) is 0 Å². The van der Waals surface area contributed by atoms with Gasteiger partial charge in [-0.15, -0.1) is 22.0 Å². The zero-order chi connectivity index (χ0) is 13.8. The first-order valence-electron chi connectivity index (χ1n) is 5.94. The van der Waals surface area contributed by atoms with Gasteiger partial charge in [0.05, 0.1) is 11.9 Å². The monoisotopic (exact) mass is 298 g/mol. The molecular formula is C13H15ClN2O2S. The number of hydrogen-bond donors (Lipinski definition) is 1. The average molecular weight is 299 g/mol. The van der Waals surface area contributed by atoms with Gasteiger partial charge in [-0.3, -0.25) is 0 Å². The fourth-order valence-corrected chi connectivity index (χ4v) is 2.29. The molecule has 0 aliphatic carbocycles. The molecule has 2 unspecified atom stereocenters. The SMILES string of the molecule is CC(O)C(C)SCc1nnc(-c2ccc(Cl)cc2)o1. The molecule has 4 nitrogen and oxygen atoms in total. The normalized spacial score (nSPS) is 14.3. The van der Waals surface area contributed by atoms with E-state index in [2.05, 4.69) is 10.2 Å². The van der Waals surface area contributed by atoms with E-state index in [9.17, 15) is 5.11 Å². The summed E-state index contributed by atoms with van der Waals surface area (Å²) in [5.41, 5.74) is 0.844. The van der Waals surface area contributed by atoms with Crippen molar-refractivity contribution in [2.75, 3.05) is 0 Å². The van der Waals surface area contributed by atoms with Crippen LogP contribution in [0.5, 0.6) is 0 Å². The van der Waals surface area contributed by atoms with Gasteiger partial charge in [0.25, 0.3) is 0 Å². The van der Waals surface area contributed by atoms with Crippen molar-refractivity contribution in [3.05, 3.63) is 35.2 Å². The van der Waals surface area contributed by atoms with Crippen LogP contribution in [0.25, 0.3) is 11.5 Å². The number of nitrogens with zero attached hydrogens (tertiary/aromatic N) is 2. The van der Waals surface area contributed by atoms with Crippen LogP contribution in [0.1, 0.15) is 19.7 Å². The number of thioether (sulfide) groups is 1. The van der Waals surface area contributed by atoms with Crippen LogP contribution in [0.4, 0.5) is 0 Å². The fourth-order valence-electron chi connectivity index (χ4n) is 1.36. The minimum atomic E-state index is -0.358. The summed E-state index contributed by atoms with van der Waals surface area (Å²) in [6.07, 6.45) is -0.358. The van der Waals surface area contributed by atoms with Gasteiger partial charge in [0.2, 0.25) is 11.8 Å². The van der Waals surface area contributed by atoms with Crippen molar-refractivity contribution in [3.63, 3.8) is 0 Å². The number of rotatable bonds is 5. The number of hydrogen-bond acceptors (Lipinski definition) is 5. The molecule has 0 amide bonds. The predicted octanol–water partition coefficient (Wildman–Crippen LogP) is 3.39. The molecule has 6 heteroatoms. The van der Waals surface area contributed by atoms with Crippen molar-refractivity contribution in [2.24, 2.45) is 0 Å².